The molecule has 3 N–H and O–H groups in total. The summed E-state index contributed by atoms with van der Waals surface area (Å²) in [5, 5.41) is 13.0. The predicted octanol–water partition coefficient (Wildman–Crippen LogP) is 1.18. The zero-order chi connectivity index (χ0) is 18.4. The summed E-state index contributed by atoms with van der Waals surface area (Å²) in [6.45, 7) is 1.86. The molecule has 3 rings (SSSR count). The third-order valence-electron chi connectivity index (χ3n) is 4.25. The molecule has 0 aliphatic carbocycles. The van der Waals surface area contributed by atoms with Crippen LogP contribution in [0, 0.1) is 0 Å². The number of carbonyl (C=O) groups is 2. The normalized spacial score (nSPS) is 16.7. The van der Waals surface area contributed by atoms with Gasteiger partial charge in [-0.15, -0.1) is 0 Å². The number of piperidine rings is 1. The third kappa shape index (κ3) is 4.60. The fourth-order valence-electron chi connectivity index (χ4n) is 2.77. The fourth-order valence-corrected chi connectivity index (χ4v) is 2.77. The number of nitrogens with zero attached hydrogens (tertiary/aromatic N) is 2. The molecular weight excluding hydrogens is 334 g/mol. The van der Waals surface area contributed by atoms with Crippen molar-refractivity contribution in [1.29, 1.82) is 0 Å². The number of rotatable bonds is 6. The van der Waals surface area contributed by atoms with E-state index in [4.69, 9.17) is 4.74 Å². The van der Waals surface area contributed by atoms with E-state index >= 15 is 0 Å². The second kappa shape index (κ2) is 8.48. The molecule has 138 valence electrons. The number of ether oxygens (including phenoxy) is 1. The third-order valence-corrected chi connectivity index (χ3v) is 4.25. The van der Waals surface area contributed by atoms with Crippen LogP contribution in [0.5, 0.6) is 5.75 Å². The SMILES string of the molecule is CNC(=O)COc1ccc(NC(=O)c2ccn(C3CCCNC3)n2)cc1. The molecule has 1 aromatic heterocycles. The van der Waals surface area contributed by atoms with Gasteiger partial charge in [0.25, 0.3) is 11.8 Å². The van der Waals surface area contributed by atoms with Gasteiger partial charge in [0.1, 0.15) is 5.75 Å². The molecular formula is C18H23N5O3. The standard InChI is InChI=1S/C18H23N5O3/c1-19-17(24)12-26-15-6-4-13(5-7-15)21-18(25)16-8-10-23(22-16)14-3-2-9-20-11-14/h4-8,10,14,20H,2-3,9,11-12H2,1H3,(H,19,24)(H,21,25). The lowest BCUT2D eigenvalue weighted by Crippen LogP contribution is -2.32. The summed E-state index contributed by atoms with van der Waals surface area (Å²) >= 11 is 0. The second-order valence-electron chi connectivity index (χ2n) is 6.12. The van der Waals surface area contributed by atoms with Crippen molar-refractivity contribution in [1.82, 2.24) is 20.4 Å². The lowest BCUT2D eigenvalue weighted by molar-refractivity contribution is -0.122. The van der Waals surface area contributed by atoms with Gasteiger partial charge < -0.3 is 20.7 Å². The van der Waals surface area contributed by atoms with E-state index in [2.05, 4.69) is 21.0 Å². The number of nitrogens with one attached hydrogen (secondary N) is 3. The largest absolute Gasteiger partial charge is 0.484 e. The molecule has 0 saturated carbocycles. The zero-order valence-corrected chi connectivity index (χ0v) is 14.7. The molecule has 0 radical (unpaired) electrons. The minimum Gasteiger partial charge on any atom is -0.484 e. The Morgan fingerprint density at radius 2 is 2.12 bits per heavy atom. The first-order chi connectivity index (χ1) is 12.7. The highest BCUT2D eigenvalue weighted by molar-refractivity contribution is 6.02. The van der Waals surface area contributed by atoms with Crippen molar-refractivity contribution in [3.63, 3.8) is 0 Å². The van der Waals surface area contributed by atoms with E-state index in [0.717, 1.165) is 25.9 Å². The summed E-state index contributed by atoms with van der Waals surface area (Å²) in [4.78, 5) is 23.5. The maximum absolute atomic E-state index is 12.4. The molecule has 0 spiro atoms. The number of hydrogen-bond donors (Lipinski definition) is 3. The van der Waals surface area contributed by atoms with E-state index in [1.807, 2.05) is 10.9 Å². The number of amides is 2. The maximum Gasteiger partial charge on any atom is 0.276 e. The van der Waals surface area contributed by atoms with Crippen LogP contribution in [-0.2, 0) is 4.79 Å². The smallest absolute Gasteiger partial charge is 0.276 e. The molecule has 8 heteroatoms. The van der Waals surface area contributed by atoms with Gasteiger partial charge in [0, 0.05) is 25.5 Å². The van der Waals surface area contributed by atoms with Gasteiger partial charge in [-0.2, -0.15) is 5.10 Å². The van der Waals surface area contributed by atoms with Gasteiger partial charge in [0.05, 0.1) is 6.04 Å². The highest BCUT2D eigenvalue weighted by Crippen LogP contribution is 2.18. The van der Waals surface area contributed by atoms with E-state index in [-0.39, 0.29) is 18.4 Å². The lowest BCUT2D eigenvalue weighted by Gasteiger charge is -2.22. The molecule has 1 fully saturated rings. The van der Waals surface area contributed by atoms with Gasteiger partial charge >= 0.3 is 0 Å². The van der Waals surface area contributed by atoms with Crippen LogP contribution in [-0.4, -0.2) is 48.3 Å². The molecule has 1 atom stereocenters. The molecule has 1 aliphatic heterocycles. The van der Waals surface area contributed by atoms with Crippen molar-refractivity contribution in [2.75, 3.05) is 32.1 Å². The molecule has 2 heterocycles. The van der Waals surface area contributed by atoms with Gasteiger partial charge in [-0.25, -0.2) is 0 Å². The Balaban J connectivity index is 1.56. The van der Waals surface area contributed by atoms with Gasteiger partial charge in [-0.3, -0.25) is 14.3 Å². The summed E-state index contributed by atoms with van der Waals surface area (Å²) in [5.41, 5.74) is 1.02. The van der Waals surface area contributed by atoms with Crippen molar-refractivity contribution in [2.45, 2.75) is 18.9 Å². The van der Waals surface area contributed by atoms with Crippen LogP contribution in [0.3, 0.4) is 0 Å². The van der Waals surface area contributed by atoms with Gasteiger partial charge in [-0.05, 0) is 49.7 Å². The van der Waals surface area contributed by atoms with E-state index < -0.39 is 0 Å². The van der Waals surface area contributed by atoms with E-state index in [9.17, 15) is 9.59 Å². The zero-order valence-electron chi connectivity index (χ0n) is 14.7. The average molecular weight is 357 g/mol. The Morgan fingerprint density at radius 1 is 1.31 bits per heavy atom. The summed E-state index contributed by atoms with van der Waals surface area (Å²) in [5.74, 6) is 0.0957. The topological polar surface area (TPSA) is 97.3 Å². The number of anilines is 1. The summed E-state index contributed by atoms with van der Waals surface area (Å²) in [6.07, 6.45) is 4.02. The first kappa shape index (κ1) is 17.9. The minimum atomic E-state index is -0.258. The maximum atomic E-state index is 12.4. The Bertz CT molecular complexity index is 750. The molecule has 26 heavy (non-hydrogen) atoms. The molecule has 1 saturated heterocycles. The Labute approximate surface area is 151 Å². The van der Waals surface area contributed by atoms with E-state index in [1.54, 1.807) is 37.4 Å². The Morgan fingerprint density at radius 3 is 2.81 bits per heavy atom. The van der Waals surface area contributed by atoms with Gasteiger partial charge in [0.2, 0.25) is 0 Å². The first-order valence-corrected chi connectivity index (χ1v) is 8.66. The van der Waals surface area contributed by atoms with Crippen LogP contribution in [0.15, 0.2) is 36.5 Å². The Hall–Kier alpha value is -2.87. The van der Waals surface area contributed by atoms with E-state index in [1.165, 1.54) is 0 Å². The monoisotopic (exact) mass is 357 g/mol. The number of likely N-dealkylation sites (N-methyl/N-ethyl adjacent to an activating group) is 1. The van der Waals surface area contributed by atoms with Crippen LogP contribution < -0.4 is 20.7 Å². The first-order valence-electron chi connectivity index (χ1n) is 8.66. The van der Waals surface area contributed by atoms with Gasteiger partial charge in [-0.1, -0.05) is 0 Å². The summed E-state index contributed by atoms with van der Waals surface area (Å²) in [7, 11) is 1.55. The van der Waals surface area contributed by atoms with Crippen molar-refractivity contribution in [3.05, 3.63) is 42.2 Å². The van der Waals surface area contributed by atoms with Crippen LogP contribution >= 0.6 is 0 Å². The molecule has 2 amide bonds. The molecule has 0 bridgehead atoms. The van der Waals surface area contributed by atoms with E-state index in [0.29, 0.717) is 23.2 Å². The molecule has 1 unspecified atom stereocenters. The number of carbonyl (C=O) groups excluding carboxylic acids is 2. The van der Waals surface area contributed by atoms with Crippen molar-refractivity contribution >= 4 is 17.5 Å². The lowest BCUT2D eigenvalue weighted by atomic mass is 10.1. The van der Waals surface area contributed by atoms with Crippen LogP contribution in [0.4, 0.5) is 5.69 Å². The number of benzene rings is 1. The average Bonchev–Trinajstić information content (AvgIpc) is 3.18. The second-order valence-corrected chi connectivity index (χ2v) is 6.12. The fraction of sp³-hybridized carbons (Fsp3) is 0.389. The van der Waals surface area contributed by atoms with Gasteiger partial charge in [0.15, 0.2) is 12.3 Å². The van der Waals surface area contributed by atoms with Crippen LogP contribution in [0.25, 0.3) is 0 Å². The Kier molecular flexibility index (Phi) is 5.85. The highest BCUT2D eigenvalue weighted by atomic mass is 16.5. The molecule has 1 aliphatic rings. The molecule has 1 aromatic carbocycles. The van der Waals surface area contributed by atoms with Crippen molar-refractivity contribution < 1.29 is 14.3 Å². The highest BCUT2D eigenvalue weighted by Gasteiger charge is 2.17. The van der Waals surface area contributed by atoms with Crippen LogP contribution in [0.1, 0.15) is 29.4 Å². The number of aromatic nitrogens is 2. The summed E-state index contributed by atoms with van der Waals surface area (Å²) < 4.78 is 7.19. The quantitative estimate of drug-likeness (QED) is 0.721. The molecule has 8 nitrogen and oxygen atoms in total. The number of hydrogen-bond acceptors (Lipinski definition) is 5. The van der Waals surface area contributed by atoms with Crippen LogP contribution in [0.2, 0.25) is 0 Å². The van der Waals surface area contributed by atoms with Crippen molar-refractivity contribution in [2.24, 2.45) is 0 Å². The van der Waals surface area contributed by atoms with Crippen molar-refractivity contribution in [3.8, 4) is 5.75 Å². The summed E-state index contributed by atoms with van der Waals surface area (Å²) in [6, 6.07) is 8.86. The predicted molar refractivity (Wildman–Crippen MR) is 97.3 cm³/mol. The minimum absolute atomic E-state index is 0.0460. The molecule has 2 aromatic rings.